The molecule has 2 atom stereocenters. The van der Waals surface area contributed by atoms with E-state index in [0.29, 0.717) is 6.04 Å². The Morgan fingerprint density at radius 3 is 2.31 bits per heavy atom. The van der Waals surface area contributed by atoms with Crippen LogP contribution in [0.5, 0.6) is 0 Å². The fourth-order valence-electron chi connectivity index (χ4n) is 2.54. The van der Waals surface area contributed by atoms with Gasteiger partial charge in [0.25, 0.3) is 0 Å². The van der Waals surface area contributed by atoms with Crippen LogP contribution in [0.4, 0.5) is 0 Å². The third-order valence-electron chi connectivity index (χ3n) is 3.40. The minimum atomic E-state index is 0.444. The fraction of sp³-hybridized carbons (Fsp3) is 1.00. The van der Waals surface area contributed by atoms with Crippen molar-refractivity contribution in [1.82, 2.24) is 9.80 Å². The van der Waals surface area contributed by atoms with Gasteiger partial charge < -0.3 is 10.6 Å². The molecule has 0 aromatic rings. The van der Waals surface area contributed by atoms with E-state index in [9.17, 15) is 0 Å². The van der Waals surface area contributed by atoms with Crippen LogP contribution in [0.3, 0.4) is 0 Å². The summed E-state index contributed by atoms with van der Waals surface area (Å²) in [4.78, 5) is 4.92. The van der Waals surface area contributed by atoms with Crippen molar-refractivity contribution >= 4 is 0 Å². The van der Waals surface area contributed by atoms with Crippen LogP contribution < -0.4 is 5.73 Å². The van der Waals surface area contributed by atoms with Crippen LogP contribution in [-0.4, -0.2) is 55.6 Å². The highest BCUT2D eigenvalue weighted by atomic mass is 15.2. The van der Waals surface area contributed by atoms with E-state index in [-0.39, 0.29) is 0 Å². The van der Waals surface area contributed by atoms with Crippen molar-refractivity contribution in [3.63, 3.8) is 0 Å². The third kappa shape index (κ3) is 4.81. The Bertz CT molecular complexity index is 192. The molecule has 1 fully saturated rings. The Hall–Kier alpha value is -0.120. The lowest BCUT2D eigenvalue weighted by Gasteiger charge is -2.31. The predicted octanol–water partition coefficient (Wildman–Crippen LogP) is 1.39. The van der Waals surface area contributed by atoms with E-state index in [1.807, 2.05) is 0 Å². The monoisotopic (exact) mass is 227 g/mol. The lowest BCUT2D eigenvalue weighted by molar-refractivity contribution is 0.161. The Balaban J connectivity index is 2.42. The Labute approximate surface area is 101 Å². The molecule has 0 radical (unpaired) electrons. The normalized spacial score (nSPS) is 26.2. The maximum atomic E-state index is 6.01. The summed E-state index contributed by atoms with van der Waals surface area (Å²) in [5.41, 5.74) is 6.01. The van der Waals surface area contributed by atoms with Crippen molar-refractivity contribution in [3.8, 4) is 0 Å². The van der Waals surface area contributed by atoms with Crippen LogP contribution >= 0.6 is 0 Å². The summed E-state index contributed by atoms with van der Waals surface area (Å²) in [7, 11) is 4.29. The van der Waals surface area contributed by atoms with Crippen molar-refractivity contribution in [3.05, 3.63) is 0 Å². The molecule has 2 N–H and O–H groups in total. The highest BCUT2D eigenvalue weighted by molar-refractivity contribution is 4.85. The molecule has 0 heterocycles. The zero-order valence-electron chi connectivity index (χ0n) is 11.4. The zero-order valence-corrected chi connectivity index (χ0v) is 11.4. The lowest BCUT2D eigenvalue weighted by Crippen LogP contribution is -2.41. The SMILES string of the molecule is CC(C)CN(CCN(C)C)C1CCC(N)C1. The van der Waals surface area contributed by atoms with Gasteiger partial charge in [-0.15, -0.1) is 0 Å². The zero-order chi connectivity index (χ0) is 12.1. The average Bonchev–Trinajstić information content (AvgIpc) is 2.58. The van der Waals surface area contributed by atoms with Gasteiger partial charge in [0, 0.05) is 31.7 Å². The van der Waals surface area contributed by atoms with Gasteiger partial charge in [-0.1, -0.05) is 13.8 Å². The minimum Gasteiger partial charge on any atom is -0.328 e. The number of hydrogen-bond donors (Lipinski definition) is 1. The first-order chi connectivity index (χ1) is 7.49. The Morgan fingerprint density at radius 1 is 1.19 bits per heavy atom. The van der Waals surface area contributed by atoms with Crippen LogP contribution in [-0.2, 0) is 0 Å². The van der Waals surface area contributed by atoms with Crippen LogP contribution in [0.2, 0.25) is 0 Å². The van der Waals surface area contributed by atoms with Crippen LogP contribution in [0.1, 0.15) is 33.1 Å². The molecule has 2 unspecified atom stereocenters. The van der Waals surface area contributed by atoms with E-state index >= 15 is 0 Å². The van der Waals surface area contributed by atoms with Gasteiger partial charge in [-0.3, -0.25) is 4.90 Å². The molecule has 0 saturated heterocycles. The summed E-state index contributed by atoms with van der Waals surface area (Å²) in [5, 5.41) is 0. The highest BCUT2D eigenvalue weighted by Crippen LogP contribution is 2.23. The standard InChI is InChI=1S/C13H29N3/c1-11(2)10-16(8-7-15(3)4)13-6-5-12(14)9-13/h11-13H,5-10,14H2,1-4H3. The second-order valence-corrected chi connectivity index (χ2v) is 5.92. The van der Waals surface area contributed by atoms with Gasteiger partial charge in [0.05, 0.1) is 0 Å². The summed E-state index contributed by atoms with van der Waals surface area (Å²) in [5.74, 6) is 0.749. The maximum Gasteiger partial charge on any atom is 0.0112 e. The van der Waals surface area contributed by atoms with Gasteiger partial charge in [0.2, 0.25) is 0 Å². The smallest absolute Gasteiger partial charge is 0.0112 e. The van der Waals surface area contributed by atoms with Crippen LogP contribution in [0, 0.1) is 5.92 Å². The van der Waals surface area contributed by atoms with E-state index in [2.05, 4.69) is 37.7 Å². The second-order valence-electron chi connectivity index (χ2n) is 5.92. The summed E-state index contributed by atoms with van der Waals surface area (Å²) in [6.45, 7) is 8.15. The van der Waals surface area contributed by atoms with Crippen molar-refractivity contribution in [2.75, 3.05) is 33.7 Å². The number of nitrogens with two attached hydrogens (primary N) is 1. The summed E-state index contributed by atoms with van der Waals surface area (Å²) >= 11 is 0. The Kier molecular flexibility index (Phi) is 5.73. The molecule has 96 valence electrons. The van der Waals surface area contributed by atoms with E-state index in [1.54, 1.807) is 0 Å². The van der Waals surface area contributed by atoms with Gasteiger partial charge in [-0.25, -0.2) is 0 Å². The number of hydrogen-bond acceptors (Lipinski definition) is 3. The van der Waals surface area contributed by atoms with E-state index in [1.165, 1.54) is 32.4 Å². The van der Waals surface area contributed by atoms with Crippen molar-refractivity contribution in [1.29, 1.82) is 0 Å². The Morgan fingerprint density at radius 2 is 1.88 bits per heavy atom. The molecular weight excluding hydrogens is 198 g/mol. The quantitative estimate of drug-likeness (QED) is 0.744. The largest absolute Gasteiger partial charge is 0.328 e. The topological polar surface area (TPSA) is 32.5 Å². The molecule has 1 rings (SSSR count). The lowest BCUT2D eigenvalue weighted by atomic mass is 10.1. The van der Waals surface area contributed by atoms with Crippen molar-refractivity contribution in [2.24, 2.45) is 11.7 Å². The molecule has 1 saturated carbocycles. The first-order valence-corrected chi connectivity index (χ1v) is 6.63. The van der Waals surface area contributed by atoms with Gasteiger partial charge in [0.15, 0.2) is 0 Å². The summed E-state index contributed by atoms with van der Waals surface area (Å²) < 4.78 is 0. The van der Waals surface area contributed by atoms with Gasteiger partial charge in [-0.05, 0) is 39.3 Å². The van der Waals surface area contributed by atoms with Gasteiger partial charge >= 0.3 is 0 Å². The predicted molar refractivity (Wildman–Crippen MR) is 70.6 cm³/mol. The minimum absolute atomic E-state index is 0.444. The highest BCUT2D eigenvalue weighted by Gasteiger charge is 2.27. The molecular formula is C13H29N3. The molecule has 0 amide bonds. The molecule has 16 heavy (non-hydrogen) atoms. The van der Waals surface area contributed by atoms with E-state index < -0.39 is 0 Å². The van der Waals surface area contributed by atoms with Gasteiger partial charge in [0.1, 0.15) is 0 Å². The number of nitrogens with zero attached hydrogens (tertiary/aromatic N) is 2. The fourth-order valence-corrected chi connectivity index (χ4v) is 2.54. The van der Waals surface area contributed by atoms with E-state index in [4.69, 9.17) is 5.73 Å². The molecule has 0 aromatic heterocycles. The number of likely N-dealkylation sites (N-methyl/N-ethyl adjacent to an activating group) is 1. The molecule has 1 aliphatic carbocycles. The summed E-state index contributed by atoms with van der Waals surface area (Å²) in [6, 6.07) is 1.18. The molecule has 0 spiro atoms. The summed E-state index contributed by atoms with van der Waals surface area (Å²) in [6.07, 6.45) is 3.70. The second kappa shape index (κ2) is 6.58. The number of rotatable bonds is 6. The molecule has 0 bridgehead atoms. The van der Waals surface area contributed by atoms with Crippen LogP contribution in [0.25, 0.3) is 0 Å². The first-order valence-electron chi connectivity index (χ1n) is 6.63. The molecule has 0 aromatic carbocycles. The molecule has 3 heteroatoms. The van der Waals surface area contributed by atoms with Crippen molar-refractivity contribution in [2.45, 2.75) is 45.2 Å². The first kappa shape index (κ1) is 13.9. The average molecular weight is 227 g/mol. The van der Waals surface area contributed by atoms with Crippen molar-refractivity contribution < 1.29 is 0 Å². The maximum absolute atomic E-state index is 6.01. The molecule has 1 aliphatic rings. The third-order valence-corrected chi connectivity index (χ3v) is 3.40. The van der Waals surface area contributed by atoms with Crippen LogP contribution in [0.15, 0.2) is 0 Å². The van der Waals surface area contributed by atoms with Gasteiger partial charge in [-0.2, -0.15) is 0 Å². The molecule has 0 aliphatic heterocycles. The van der Waals surface area contributed by atoms with E-state index in [0.717, 1.165) is 18.5 Å². The molecule has 3 nitrogen and oxygen atoms in total.